The second-order valence-corrected chi connectivity index (χ2v) is 4.90. The highest BCUT2D eigenvalue weighted by Crippen LogP contribution is 2.25. The Bertz CT molecular complexity index is 549. The number of ether oxygens (including phenoxy) is 1. The molecule has 0 saturated carbocycles. The summed E-state index contributed by atoms with van der Waals surface area (Å²) in [6.07, 6.45) is 1.64. The van der Waals surface area contributed by atoms with E-state index in [-0.39, 0.29) is 0 Å². The Morgan fingerprint density at radius 1 is 1.17 bits per heavy atom. The summed E-state index contributed by atoms with van der Waals surface area (Å²) in [5.74, 6) is 0.892. The summed E-state index contributed by atoms with van der Waals surface area (Å²) in [6, 6.07) is 7.66. The van der Waals surface area contributed by atoms with Gasteiger partial charge in [-0.1, -0.05) is 41.4 Å². The molecule has 0 aliphatic heterocycles. The zero-order chi connectivity index (χ0) is 13.1. The van der Waals surface area contributed by atoms with E-state index >= 15 is 0 Å². The quantitative estimate of drug-likeness (QED) is 0.768. The Hall–Kier alpha value is -1.25. The van der Waals surface area contributed by atoms with E-state index in [9.17, 15) is 0 Å². The van der Waals surface area contributed by atoms with Crippen LogP contribution in [0.25, 0.3) is 0 Å². The SMILES string of the molecule is Cc1cccc(C)c1OCc1cnc(Cl)cc1Cl. The highest BCUT2D eigenvalue weighted by atomic mass is 35.5. The minimum atomic E-state index is 0.384. The zero-order valence-corrected chi connectivity index (χ0v) is 11.7. The molecule has 0 saturated heterocycles. The van der Waals surface area contributed by atoms with Crippen LogP contribution in [-0.2, 0) is 6.61 Å². The molecule has 18 heavy (non-hydrogen) atoms. The molecule has 0 bridgehead atoms. The van der Waals surface area contributed by atoms with Gasteiger partial charge in [-0.2, -0.15) is 0 Å². The van der Waals surface area contributed by atoms with E-state index in [1.807, 2.05) is 32.0 Å². The van der Waals surface area contributed by atoms with Gasteiger partial charge in [-0.05, 0) is 31.0 Å². The number of para-hydroxylation sites is 1. The normalized spacial score (nSPS) is 10.4. The summed E-state index contributed by atoms with van der Waals surface area (Å²) >= 11 is 11.8. The molecule has 1 aromatic carbocycles. The van der Waals surface area contributed by atoms with Crippen LogP contribution in [0.2, 0.25) is 10.2 Å². The van der Waals surface area contributed by atoms with Gasteiger partial charge in [-0.3, -0.25) is 0 Å². The van der Waals surface area contributed by atoms with Crippen molar-refractivity contribution >= 4 is 23.2 Å². The van der Waals surface area contributed by atoms with Crippen LogP contribution in [-0.4, -0.2) is 4.98 Å². The molecule has 2 rings (SSSR count). The van der Waals surface area contributed by atoms with Gasteiger partial charge in [-0.25, -0.2) is 4.98 Å². The summed E-state index contributed by atoms with van der Waals surface area (Å²) in [4.78, 5) is 4.00. The molecule has 1 aromatic heterocycles. The topological polar surface area (TPSA) is 22.1 Å². The lowest BCUT2D eigenvalue weighted by Gasteiger charge is -2.12. The lowest BCUT2D eigenvalue weighted by Crippen LogP contribution is -2.00. The fraction of sp³-hybridized carbons (Fsp3) is 0.214. The standard InChI is InChI=1S/C14H13Cl2NO/c1-9-4-3-5-10(2)14(9)18-8-11-7-17-13(16)6-12(11)15/h3-7H,8H2,1-2H3. The fourth-order valence-electron chi connectivity index (χ4n) is 1.72. The van der Waals surface area contributed by atoms with Gasteiger partial charge in [-0.15, -0.1) is 0 Å². The maximum atomic E-state index is 6.07. The van der Waals surface area contributed by atoms with Crippen molar-refractivity contribution in [3.8, 4) is 5.75 Å². The number of aromatic nitrogens is 1. The second kappa shape index (κ2) is 5.59. The van der Waals surface area contributed by atoms with E-state index < -0.39 is 0 Å². The lowest BCUT2D eigenvalue weighted by atomic mass is 10.1. The van der Waals surface area contributed by atoms with Crippen molar-refractivity contribution in [2.24, 2.45) is 0 Å². The van der Waals surface area contributed by atoms with Crippen LogP contribution in [0, 0.1) is 13.8 Å². The Labute approximate surface area is 117 Å². The molecule has 0 aliphatic rings. The van der Waals surface area contributed by atoms with Crippen LogP contribution in [0.5, 0.6) is 5.75 Å². The second-order valence-electron chi connectivity index (χ2n) is 4.11. The van der Waals surface area contributed by atoms with Gasteiger partial charge in [0.2, 0.25) is 0 Å². The van der Waals surface area contributed by atoms with Gasteiger partial charge in [0.1, 0.15) is 17.5 Å². The number of hydrogen-bond acceptors (Lipinski definition) is 2. The predicted octanol–water partition coefficient (Wildman–Crippen LogP) is 4.58. The maximum absolute atomic E-state index is 6.07. The van der Waals surface area contributed by atoms with Gasteiger partial charge in [0.05, 0.1) is 5.02 Å². The highest BCUT2D eigenvalue weighted by Gasteiger charge is 2.06. The molecule has 94 valence electrons. The van der Waals surface area contributed by atoms with Gasteiger partial charge >= 0.3 is 0 Å². The molecule has 0 atom stereocenters. The first kappa shape index (κ1) is 13.2. The molecule has 0 unspecified atom stereocenters. The van der Waals surface area contributed by atoms with Crippen LogP contribution in [0.3, 0.4) is 0 Å². The van der Waals surface area contributed by atoms with Gasteiger partial charge < -0.3 is 4.74 Å². The van der Waals surface area contributed by atoms with Crippen molar-refractivity contribution in [2.45, 2.75) is 20.5 Å². The van der Waals surface area contributed by atoms with Crippen LogP contribution in [0.4, 0.5) is 0 Å². The smallest absolute Gasteiger partial charge is 0.130 e. The number of pyridine rings is 1. The van der Waals surface area contributed by atoms with E-state index in [0.717, 1.165) is 22.4 Å². The molecule has 0 radical (unpaired) electrons. The van der Waals surface area contributed by atoms with E-state index in [0.29, 0.717) is 16.8 Å². The monoisotopic (exact) mass is 281 g/mol. The summed E-state index contributed by atoms with van der Waals surface area (Å²) in [6.45, 7) is 4.42. The summed E-state index contributed by atoms with van der Waals surface area (Å²) in [7, 11) is 0. The first-order valence-electron chi connectivity index (χ1n) is 5.57. The minimum absolute atomic E-state index is 0.384. The molecule has 0 N–H and O–H groups in total. The van der Waals surface area contributed by atoms with Gasteiger partial charge in [0.25, 0.3) is 0 Å². The molecule has 0 amide bonds. The van der Waals surface area contributed by atoms with E-state index in [1.54, 1.807) is 12.3 Å². The fourth-order valence-corrected chi connectivity index (χ4v) is 2.14. The largest absolute Gasteiger partial charge is 0.488 e. The summed E-state index contributed by atoms with van der Waals surface area (Å²) in [5.41, 5.74) is 3.03. The molecule has 0 aliphatic carbocycles. The zero-order valence-electron chi connectivity index (χ0n) is 10.2. The molecule has 1 heterocycles. The van der Waals surface area contributed by atoms with Crippen LogP contribution in [0.15, 0.2) is 30.5 Å². The minimum Gasteiger partial charge on any atom is -0.488 e. The first-order chi connectivity index (χ1) is 8.58. The van der Waals surface area contributed by atoms with Crippen molar-refractivity contribution in [2.75, 3.05) is 0 Å². The number of nitrogens with zero attached hydrogens (tertiary/aromatic N) is 1. The molecule has 0 spiro atoms. The Kier molecular flexibility index (Phi) is 4.10. The maximum Gasteiger partial charge on any atom is 0.130 e. The van der Waals surface area contributed by atoms with Crippen LogP contribution < -0.4 is 4.74 Å². The van der Waals surface area contributed by atoms with Gasteiger partial charge in [0.15, 0.2) is 0 Å². The van der Waals surface area contributed by atoms with Crippen molar-refractivity contribution in [1.82, 2.24) is 4.98 Å². The number of rotatable bonds is 3. The summed E-state index contributed by atoms with van der Waals surface area (Å²) in [5, 5.41) is 0.956. The predicted molar refractivity (Wildman–Crippen MR) is 74.5 cm³/mol. The molecule has 0 fully saturated rings. The third-order valence-corrected chi connectivity index (χ3v) is 3.24. The third-order valence-electron chi connectivity index (χ3n) is 2.68. The Balaban J connectivity index is 2.16. The number of aryl methyl sites for hydroxylation is 2. The van der Waals surface area contributed by atoms with Crippen LogP contribution in [0.1, 0.15) is 16.7 Å². The molecule has 2 nitrogen and oxygen atoms in total. The van der Waals surface area contributed by atoms with Gasteiger partial charge in [0, 0.05) is 11.8 Å². The highest BCUT2D eigenvalue weighted by molar-refractivity contribution is 6.34. The Morgan fingerprint density at radius 3 is 2.44 bits per heavy atom. The average Bonchev–Trinajstić information content (AvgIpc) is 2.31. The van der Waals surface area contributed by atoms with E-state index in [1.165, 1.54) is 0 Å². The Morgan fingerprint density at radius 2 is 1.83 bits per heavy atom. The molecular weight excluding hydrogens is 269 g/mol. The van der Waals surface area contributed by atoms with Crippen LogP contribution >= 0.6 is 23.2 Å². The molecule has 2 aromatic rings. The first-order valence-corrected chi connectivity index (χ1v) is 6.32. The van der Waals surface area contributed by atoms with Crippen molar-refractivity contribution in [3.63, 3.8) is 0 Å². The third kappa shape index (κ3) is 2.95. The number of benzene rings is 1. The molecule has 4 heteroatoms. The lowest BCUT2D eigenvalue weighted by molar-refractivity contribution is 0.301. The average molecular weight is 282 g/mol. The van der Waals surface area contributed by atoms with Crippen molar-refractivity contribution < 1.29 is 4.74 Å². The van der Waals surface area contributed by atoms with Crippen molar-refractivity contribution in [1.29, 1.82) is 0 Å². The van der Waals surface area contributed by atoms with Crippen molar-refractivity contribution in [3.05, 3.63) is 57.3 Å². The van der Waals surface area contributed by atoms with E-state index in [4.69, 9.17) is 27.9 Å². The summed E-state index contributed by atoms with van der Waals surface area (Å²) < 4.78 is 5.81. The number of halogens is 2. The van der Waals surface area contributed by atoms with E-state index in [2.05, 4.69) is 4.98 Å². The number of hydrogen-bond donors (Lipinski definition) is 0. The molecular formula is C14H13Cl2NO.